The van der Waals surface area contributed by atoms with E-state index in [9.17, 15) is 23.5 Å². The van der Waals surface area contributed by atoms with Gasteiger partial charge in [-0.05, 0) is 110 Å². The molecule has 3 saturated heterocycles. The quantitative estimate of drug-likeness (QED) is 0.112. The largest absolute Gasteiger partial charge is 0.507 e. The molecule has 3 aromatic carbocycles. The summed E-state index contributed by atoms with van der Waals surface area (Å²) < 4.78 is 49.6. The number of benzene rings is 3. The summed E-state index contributed by atoms with van der Waals surface area (Å²) in [5, 5.41) is 14.8. The van der Waals surface area contributed by atoms with Crippen molar-refractivity contribution in [1.29, 1.82) is 0 Å². The Balaban J connectivity index is 1.12. The van der Waals surface area contributed by atoms with E-state index in [0.717, 1.165) is 67.6 Å². The third-order valence-electron chi connectivity index (χ3n) is 10.9. The monoisotopic (exact) mass is 755 g/mol. The van der Waals surface area contributed by atoms with Gasteiger partial charge in [-0.25, -0.2) is 9.59 Å². The summed E-state index contributed by atoms with van der Waals surface area (Å²) in [6.45, 7) is 3.96. The first kappa shape index (κ1) is 38.2. The molecule has 4 heterocycles. The van der Waals surface area contributed by atoms with Crippen LogP contribution in [0.1, 0.15) is 81.6 Å². The Morgan fingerprint density at radius 1 is 0.927 bits per heavy atom. The highest BCUT2D eigenvalue weighted by Crippen LogP contribution is 2.38. The molecule has 2 bridgehead atoms. The number of aryl methyl sites for hydroxylation is 2. The van der Waals surface area contributed by atoms with Crippen molar-refractivity contribution in [3.63, 3.8) is 0 Å². The van der Waals surface area contributed by atoms with Crippen LogP contribution in [0.4, 0.5) is 8.78 Å². The number of esters is 2. The Morgan fingerprint density at radius 3 is 2.35 bits per heavy atom. The molecule has 1 unspecified atom stereocenters. The van der Waals surface area contributed by atoms with E-state index in [2.05, 4.69) is 15.2 Å². The van der Waals surface area contributed by atoms with Gasteiger partial charge in [0.15, 0.2) is 11.5 Å². The highest BCUT2D eigenvalue weighted by atomic mass is 19.3. The molecule has 2 N–H and O–H groups in total. The van der Waals surface area contributed by atoms with E-state index in [0.29, 0.717) is 29.6 Å². The number of carbonyl (C=O) groups is 2. The summed E-state index contributed by atoms with van der Waals surface area (Å²) in [6.07, 6.45) is 6.64. The second kappa shape index (κ2) is 17.2. The molecular weight excluding hydrogens is 708 g/mol. The Labute approximate surface area is 319 Å². The number of phenolic OH excluding ortho intramolecular Hbond substituents is 1. The minimum Gasteiger partial charge on any atom is -0.507 e. The molecule has 3 aliphatic heterocycles. The van der Waals surface area contributed by atoms with Gasteiger partial charge in [0.25, 0.3) is 0 Å². The molecule has 4 aromatic rings. The fourth-order valence-corrected chi connectivity index (χ4v) is 7.53. The van der Waals surface area contributed by atoms with Gasteiger partial charge < -0.3 is 24.1 Å². The standard InChI is InChI=1S/C43H47F2N3O7/c1-26-21-46-22-27(2)34(26)20-36(31-13-14-35(55-43(44)45)37(19-31)52-25-28-11-12-28)53-41(50)33-10-6-9-32(40(33)49)23-47-39(30-7-4-3-5-8-30)42(51)54-38-24-48-17-15-29(38)16-18-48/h3-10,13-14,19,21-22,28-29,36,38-39,43,47,49H,11-12,15-18,20,23-25H2,1-2H3/t36-,38-,39?/m0/s1. The van der Waals surface area contributed by atoms with E-state index >= 15 is 0 Å². The summed E-state index contributed by atoms with van der Waals surface area (Å²) in [4.78, 5) is 34.3. The second-order valence-electron chi connectivity index (χ2n) is 14.8. The first-order valence-corrected chi connectivity index (χ1v) is 19.0. The maximum Gasteiger partial charge on any atom is 0.387 e. The maximum atomic E-state index is 14.0. The van der Waals surface area contributed by atoms with Gasteiger partial charge in [0.1, 0.15) is 29.6 Å². The lowest BCUT2D eigenvalue weighted by atomic mass is 9.86. The molecule has 290 valence electrons. The number of aromatic nitrogens is 1. The number of carbonyl (C=O) groups excluding carboxylic acids is 2. The lowest BCUT2D eigenvalue weighted by Crippen LogP contribution is -2.52. The zero-order valence-corrected chi connectivity index (χ0v) is 31.1. The van der Waals surface area contributed by atoms with Crippen molar-refractivity contribution in [3.8, 4) is 17.2 Å². The summed E-state index contributed by atoms with van der Waals surface area (Å²) in [5.41, 5.74) is 4.22. The number of hydrogen-bond donors (Lipinski definition) is 2. The smallest absolute Gasteiger partial charge is 0.387 e. The zero-order valence-electron chi connectivity index (χ0n) is 31.1. The van der Waals surface area contributed by atoms with Gasteiger partial charge >= 0.3 is 18.6 Å². The number of alkyl halides is 2. The SMILES string of the molecule is Cc1cncc(C)c1C[C@H](OC(=O)c1cccc(CNC(C(=O)O[C@H]2CN3CCC2CC3)c2ccccc2)c1O)c1ccc(OC(F)F)c(OCC2CC2)c1. The van der Waals surface area contributed by atoms with Crippen LogP contribution < -0.4 is 14.8 Å². The number of hydrogen-bond acceptors (Lipinski definition) is 10. The minimum absolute atomic E-state index is 0.0496. The number of phenols is 1. The van der Waals surface area contributed by atoms with Gasteiger partial charge in [0.2, 0.25) is 0 Å². The van der Waals surface area contributed by atoms with Crippen LogP contribution in [0.15, 0.2) is 79.1 Å². The van der Waals surface area contributed by atoms with Gasteiger partial charge in [-0.1, -0.05) is 48.5 Å². The van der Waals surface area contributed by atoms with E-state index in [-0.39, 0.29) is 41.9 Å². The number of halogens is 2. The number of piperidine rings is 3. The molecule has 1 aromatic heterocycles. The van der Waals surface area contributed by atoms with Crippen LogP contribution >= 0.6 is 0 Å². The lowest BCUT2D eigenvalue weighted by molar-refractivity contribution is -0.161. The highest BCUT2D eigenvalue weighted by Gasteiger charge is 2.38. The molecule has 55 heavy (non-hydrogen) atoms. The number of fused-ring (bicyclic) bond motifs is 3. The summed E-state index contributed by atoms with van der Waals surface area (Å²) in [5.74, 6) is -0.759. The molecule has 3 atom stereocenters. The summed E-state index contributed by atoms with van der Waals surface area (Å²) >= 11 is 0. The van der Waals surface area contributed by atoms with E-state index in [1.165, 1.54) is 12.1 Å². The fourth-order valence-electron chi connectivity index (χ4n) is 7.53. The van der Waals surface area contributed by atoms with Crippen LogP contribution in [0.2, 0.25) is 0 Å². The van der Waals surface area contributed by atoms with Gasteiger partial charge in [-0.15, -0.1) is 0 Å². The fraction of sp³-hybridized carbons (Fsp3) is 0.419. The Morgan fingerprint density at radius 2 is 1.67 bits per heavy atom. The maximum absolute atomic E-state index is 14.0. The second-order valence-corrected chi connectivity index (χ2v) is 14.8. The highest BCUT2D eigenvalue weighted by molar-refractivity contribution is 5.93. The molecular formula is C43H47F2N3O7. The van der Waals surface area contributed by atoms with Crippen LogP contribution in [-0.4, -0.2) is 65.9 Å². The molecule has 1 aliphatic carbocycles. The Kier molecular flexibility index (Phi) is 11.9. The Bertz CT molecular complexity index is 1950. The first-order chi connectivity index (χ1) is 26.6. The predicted molar refractivity (Wildman–Crippen MR) is 200 cm³/mol. The van der Waals surface area contributed by atoms with E-state index < -0.39 is 30.7 Å². The summed E-state index contributed by atoms with van der Waals surface area (Å²) in [6, 6.07) is 17.8. The molecule has 0 amide bonds. The summed E-state index contributed by atoms with van der Waals surface area (Å²) in [7, 11) is 0. The van der Waals surface area contributed by atoms with E-state index in [1.54, 1.807) is 36.7 Å². The van der Waals surface area contributed by atoms with Gasteiger partial charge in [-0.3, -0.25) is 15.2 Å². The average Bonchev–Trinajstić information content (AvgIpc) is 4.02. The molecule has 8 rings (SSSR count). The van der Waals surface area contributed by atoms with Crippen molar-refractivity contribution in [1.82, 2.24) is 15.2 Å². The van der Waals surface area contributed by atoms with Crippen LogP contribution in [0.25, 0.3) is 0 Å². The van der Waals surface area contributed by atoms with E-state index in [1.807, 2.05) is 44.2 Å². The predicted octanol–water partition coefficient (Wildman–Crippen LogP) is 7.40. The van der Waals surface area contributed by atoms with Gasteiger partial charge in [-0.2, -0.15) is 8.78 Å². The van der Waals surface area contributed by atoms with Crippen molar-refractivity contribution >= 4 is 11.9 Å². The third-order valence-corrected chi connectivity index (χ3v) is 10.9. The number of ether oxygens (including phenoxy) is 4. The van der Waals surface area contributed by atoms with Crippen molar-refractivity contribution in [2.45, 2.75) is 77.4 Å². The average molecular weight is 756 g/mol. The van der Waals surface area contributed by atoms with Gasteiger partial charge in [0, 0.05) is 37.5 Å². The molecule has 12 heteroatoms. The zero-order chi connectivity index (χ0) is 38.5. The van der Waals surface area contributed by atoms with Crippen molar-refractivity contribution in [2.24, 2.45) is 11.8 Å². The number of nitrogens with one attached hydrogen (secondary N) is 1. The molecule has 0 radical (unpaired) electrons. The molecule has 4 aliphatic rings. The van der Waals surface area contributed by atoms with Crippen LogP contribution in [0, 0.1) is 25.7 Å². The minimum atomic E-state index is -3.05. The molecule has 10 nitrogen and oxygen atoms in total. The number of rotatable bonds is 16. The van der Waals surface area contributed by atoms with Crippen LogP contribution in [-0.2, 0) is 27.2 Å². The topological polar surface area (TPSA) is 119 Å². The molecule has 4 fully saturated rings. The van der Waals surface area contributed by atoms with Crippen molar-refractivity contribution in [3.05, 3.63) is 118 Å². The third kappa shape index (κ3) is 9.42. The number of nitrogens with zero attached hydrogens (tertiary/aromatic N) is 2. The number of aromatic hydroxyl groups is 1. The first-order valence-electron chi connectivity index (χ1n) is 19.0. The number of pyridine rings is 1. The lowest BCUT2D eigenvalue weighted by Gasteiger charge is -2.44. The molecule has 1 saturated carbocycles. The number of para-hydroxylation sites is 1. The normalized spacial score (nSPS) is 20.1. The van der Waals surface area contributed by atoms with Crippen molar-refractivity contribution < 1.29 is 42.4 Å². The van der Waals surface area contributed by atoms with Crippen LogP contribution in [0.5, 0.6) is 17.2 Å². The van der Waals surface area contributed by atoms with Crippen molar-refractivity contribution in [2.75, 3.05) is 26.2 Å². The Hall–Kier alpha value is -5.07. The van der Waals surface area contributed by atoms with E-state index in [4.69, 9.17) is 18.9 Å². The van der Waals surface area contributed by atoms with Crippen LogP contribution in [0.3, 0.4) is 0 Å². The van der Waals surface area contributed by atoms with Gasteiger partial charge in [0.05, 0.1) is 6.61 Å². The molecule has 0 spiro atoms.